The first-order valence-electron chi connectivity index (χ1n) is 14.6. The molecule has 0 unspecified atom stereocenters. The van der Waals surface area contributed by atoms with E-state index >= 15 is 0 Å². The molecular formula is C33H43Cl2N3O8. The number of hydrogen-bond acceptors (Lipinski definition) is 10. The van der Waals surface area contributed by atoms with Crippen molar-refractivity contribution in [1.82, 2.24) is 14.7 Å². The maximum absolute atomic E-state index is 13.9. The minimum atomic E-state index is -0.810. The lowest BCUT2D eigenvalue weighted by Crippen LogP contribution is -2.43. The quantitative estimate of drug-likeness (QED) is 0.317. The van der Waals surface area contributed by atoms with Crippen molar-refractivity contribution in [3.63, 3.8) is 0 Å². The molecular weight excluding hydrogens is 637 g/mol. The van der Waals surface area contributed by atoms with Crippen molar-refractivity contribution in [3.05, 3.63) is 76.6 Å². The van der Waals surface area contributed by atoms with Crippen LogP contribution in [0.25, 0.3) is 0 Å². The predicted molar refractivity (Wildman–Crippen MR) is 178 cm³/mol. The molecule has 2 aromatic rings. The van der Waals surface area contributed by atoms with Crippen LogP contribution in [0, 0.1) is 0 Å². The van der Waals surface area contributed by atoms with Gasteiger partial charge < -0.3 is 28.6 Å². The van der Waals surface area contributed by atoms with Crippen LogP contribution in [-0.4, -0.2) is 100 Å². The molecule has 1 fully saturated rings. The highest BCUT2D eigenvalue weighted by Gasteiger charge is 2.37. The Morgan fingerprint density at radius 3 is 1.70 bits per heavy atom. The summed E-state index contributed by atoms with van der Waals surface area (Å²) in [5.74, 6) is -1.74. The number of amides is 1. The van der Waals surface area contributed by atoms with Gasteiger partial charge in [0.15, 0.2) is 11.5 Å². The second kappa shape index (κ2) is 17.8. The molecule has 0 spiro atoms. The summed E-state index contributed by atoms with van der Waals surface area (Å²) in [6, 6.07) is 10.8. The molecule has 4 rings (SSSR count). The van der Waals surface area contributed by atoms with Crippen LogP contribution in [0.3, 0.4) is 0 Å². The standard InChI is InChI=1S/C33H41N3O8.2ClH/c1-7-43-32(38)25-20-36(31(37)24-17-27(40-4)30(42-6)28(18-24)41-5)21-26(33(39)44-8-2)29(25)23-11-9-22(10-12-23)19-35-15-13-34(3)14-16-35;;/h9-12,17-18,20-21,29H,7-8,13-16,19H2,1-6H3;2*1H. The number of likely N-dealkylation sites (N-methyl/N-ethyl adjacent to an activating group) is 1. The Labute approximate surface area is 282 Å². The number of piperazine rings is 1. The molecule has 1 amide bonds. The number of nitrogens with zero attached hydrogens (tertiary/aromatic N) is 3. The summed E-state index contributed by atoms with van der Waals surface area (Å²) in [6.07, 6.45) is 2.82. The second-order valence-electron chi connectivity index (χ2n) is 10.5. The van der Waals surface area contributed by atoms with E-state index in [0.29, 0.717) is 11.3 Å². The molecule has 2 heterocycles. The van der Waals surface area contributed by atoms with E-state index in [1.807, 2.05) is 24.3 Å². The van der Waals surface area contributed by atoms with Crippen molar-refractivity contribution in [2.45, 2.75) is 26.3 Å². The number of halogens is 2. The van der Waals surface area contributed by atoms with Gasteiger partial charge >= 0.3 is 11.9 Å². The van der Waals surface area contributed by atoms with Gasteiger partial charge in [-0.3, -0.25) is 14.6 Å². The highest BCUT2D eigenvalue weighted by atomic mass is 35.5. The van der Waals surface area contributed by atoms with E-state index in [0.717, 1.165) is 38.3 Å². The Kier molecular flexibility index (Phi) is 14.9. The number of benzene rings is 2. The van der Waals surface area contributed by atoms with E-state index < -0.39 is 23.8 Å². The van der Waals surface area contributed by atoms with Crippen LogP contribution in [0.5, 0.6) is 17.2 Å². The van der Waals surface area contributed by atoms with Crippen molar-refractivity contribution < 1.29 is 38.1 Å². The first-order chi connectivity index (χ1) is 21.2. The molecule has 13 heteroatoms. The Bertz CT molecular complexity index is 1360. The van der Waals surface area contributed by atoms with Crippen molar-refractivity contribution in [3.8, 4) is 17.2 Å². The smallest absolute Gasteiger partial charge is 0.336 e. The molecule has 2 aliphatic rings. The highest BCUT2D eigenvalue weighted by Crippen LogP contribution is 2.41. The van der Waals surface area contributed by atoms with E-state index in [9.17, 15) is 14.4 Å². The first kappa shape index (κ1) is 38.4. The summed E-state index contributed by atoms with van der Waals surface area (Å²) in [5, 5.41) is 0. The fourth-order valence-electron chi connectivity index (χ4n) is 5.33. The number of rotatable bonds is 11. The third-order valence-electron chi connectivity index (χ3n) is 7.66. The summed E-state index contributed by atoms with van der Waals surface area (Å²) in [6.45, 7) is 8.45. The normalized spacial score (nSPS) is 15.4. The largest absolute Gasteiger partial charge is 0.493 e. The zero-order valence-electron chi connectivity index (χ0n) is 27.1. The van der Waals surface area contributed by atoms with Gasteiger partial charge in [-0.15, -0.1) is 24.8 Å². The topological polar surface area (TPSA) is 107 Å². The second-order valence-corrected chi connectivity index (χ2v) is 10.5. The van der Waals surface area contributed by atoms with E-state index in [1.54, 1.807) is 13.8 Å². The molecule has 0 bridgehead atoms. The van der Waals surface area contributed by atoms with Gasteiger partial charge in [-0.25, -0.2) is 9.59 Å². The van der Waals surface area contributed by atoms with E-state index in [2.05, 4.69) is 16.8 Å². The van der Waals surface area contributed by atoms with Crippen LogP contribution in [0.1, 0.15) is 41.3 Å². The summed E-state index contributed by atoms with van der Waals surface area (Å²) >= 11 is 0. The van der Waals surface area contributed by atoms with Crippen molar-refractivity contribution in [2.75, 3.05) is 67.8 Å². The molecule has 0 aromatic heterocycles. The molecule has 0 saturated carbocycles. The molecule has 0 atom stereocenters. The monoisotopic (exact) mass is 679 g/mol. The third kappa shape index (κ3) is 8.73. The summed E-state index contributed by atoms with van der Waals surface area (Å²) in [4.78, 5) is 46.5. The van der Waals surface area contributed by atoms with E-state index in [1.165, 1.54) is 50.8 Å². The minimum absolute atomic E-state index is 0. The van der Waals surface area contributed by atoms with Gasteiger partial charge in [-0.2, -0.15) is 0 Å². The van der Waals surface area contributed by atoms with Crippen LogP contribution < -0.4 is 14.2 Å². The lowest BCUT2D eigenvalue weighted by atomic mass is 9.83. The first-order valence-corrected chi connectivity index (χ1v) is 14.6. The Balaban J connectivity index is 0.00000368. The van der Waals surface area contributed by atoms with Crippen molar-refractivity contribution >= 4 is 42.7 Å². The van der Waals surface area contributed by atoms with Gasteiger partial charge in [0.25, 0.3) is 5.91 Å². The average Bonchev–Trinajstić information content (AvgIpc) is 3.04. The zero-order chi connectivity index (χ0) is 31.8. The van der Waals surface area contributed by atoms with Crippen LogP contribution in [0.2, 0.25) is 0 Å². The Morgan fingerprint density at radius 2 is 1.26 bits per heavy atom. The Morgan fingerprint density at radius 1 is 0.761 bits per heavy atom. The maximum Gasteiger partial charge on any atom is 0.336 e. The van der Waals surface area contributed by atoms with Crippen LogP contribution in [0.15, 0.2) is 59.9 Å². The van der Waals surface area contributed by atoms with Crippen LogP contribution in [-0.2, 0) is 25.6 Å². The average molecular weight is 681 g/mol. The third-order valence-corrected chi connectivity index (χ3v) is 7.66. The van der Waals surface area contributed by atoms with Gasteiger partial charge in [-0.1, -0.05) is 24.3 Å². The van der Waals surface area contributed by atoms with Crippen molar-refractivity contribution in [1.29, 1.82) is 0 Å². The number of hydrogen-bond donors (Lipinski definition) is 0. The Hall–Kier alpha value is -3.77. The van der Waals surface area contributed by atoms with Crippen molar-refractivity contribution in [2.24, 2.45) is 0 Å². The van der Waals surface area contributed by atoms with E-state index in [4.69, 9.17) is 23.7 Å². The van der Waals surface area contributed by atoms with Gasteiger partial charge in [0, 0.05) is 50.7 Å². The predicted octanol–water partition coefficient (Wildman–Crippen LogP) is 4.44. The van der Waals surface area contributed by atoms with Crippen LogP contribution in [0.4, 0.5) is 0 Å². The number of methoxy groups -OCH3 is 3. The summed E-state index contributed by atoms with van der Waals surface area (Å²) in [5.41, 5.74) is 2.27. The fraction of sp³-hybridized carbons (Fsp3) is 0.424. The fourth-order valence-corrected chi connectivity index (χ4v) is 5.33. The lowest BCUT2D eigenvalue weighted by molar-refractivity contribution is -0.139. The van der Waals surface area contributed by atoms with Gasteiger partial charge in [0.2, 0.25) is 5.75 Å². The summed E-state index contributed by atoms with van der Waals surface area (Å²) in [7, 11) is 6.49. The highest BCUT2D eigenvalue weighted by molar-refractivity contribution is 6.03. The molecule has 0 aliphatic carbocycles. The van der Waals surface area contributed by atoms with Crippen LogP contribution >= 0.6 is 24.8 Å². The number of ether oxygens (including phenoxy) is 5. The zero-order valence-corrected chi connectivity index (χ0v) is 28.7. The molecule has 252 valence electrons. The molecule has 46 heavy (non-hydrogen) atoms. The molecule has 1 saturated heterocycles. The number of esters is 2. The van der Waals surface area contributed by atoms with Gasteiger partial charge in [0.1, 0.15) is 0 Å². The van der Waals surface area contributed by atoms with Gasteiger partial charge in [-0.05, 0) is 44.2 Å². The molecule has 2 aliphatic heterocycles. The maximum atomic E-state index is 13.9. The molecule has 2 aromatic carbocycles. The van der Waals surface area contributed by atoms with Gasteiger partial charge in [0.05, 0.1) is 51.6 Å². The minimum Gasteiger partial charge on any atom is -0.493 e. The van der Waals surface area contributed by atoms with E-state index in [-0.39, 0.29) is 66.2 Å². The number of carbonyl (C=O) groups excluding carboxylic acids is 3. The summed E-state index contributed by atoms with van der Waals surface area (Å²) < 4.78 is 27.0. The SMILES string of the molecule is CCOC(=O)C1=CN(C(=O)c2cc(OC)c(OC)c(OC)c2)C=C(C(=O)OCC)C1c1ccc(CN2CCN(C)CC2)cc1.Cl.Cl. The molecule has 11 nitrogen and oxygen atoms in total. The number of carbonyl (C=O) groups is 3. The molecule has 0 N–H and O–H groups in total. The molecule has 0 radical (unpaired) electrons. The lowest BCUT2D eigenvalue weighted by Gasteiger charge is -2.32.